The van der Waals surface area contributed by atoms with Crippen molar-refractivity contribution in [3.05, 3.63) is 52.5 Å². The Balaban J connectivity index is 2.30. The molecule has 2 aromatic carbocycles. The van der Waals surface area contributed by atoms with Crippen molar-refractivity contribution in [1.82, 2.24) is 9.55 Å². The molecule has 0 aliphatic heterocycles. The SMILES string of the molecule is CCn1c(-c2ccc(Cl)cc2Cl)nc2ccccc21. The maximum atomic E-state index is 6.28. The Morgan fingerprint density at radius 1 is 1.11 bits per heavy atom. The lowest BCUT2D eigenvalue weighted by atomic mass is 10.2. The van der Waals surface area contributed by atoms with Crippen LogP contribution in [0.3, 0.4) is 0 Å². The van der Waals surface area contributed by atoms with Gasteiger partial charge in [-0.05, 0) is 37.3 Å². The van der Waals surface area contributed by atoms with Gasteiger partial charge in [0.25, 0.3) is 0 Å². The molecular weight excluding hydrogens is 279 g/mol. The van der Waals surface area contributed by atoms with Crippen LogP contribution >= 0.6 is 23.2 Å². The first-order chi connectivity index (χ1) is 9.20. The van der Waals surface area contributed by atoms with Crippen LogP contribution in [-0.4, -0.2) is 9.55 Å². The zero-order valence-electron chi connectivity index (χ0n) is 10.4. The number of nitrogens with zero attached hydrogens (tertiary/aromatic N) is 2. The second kappa shape index (κ2) is 4.87. The molecule has 0 saturated heterocycles. The maximum absolute atomic E-state index is 6.28. The molecule has 19 heavy (non-hydrogen) atoms. The number of aryl methyl sites for hydroxylation is 1. The standard InChI is InChI=1S/C15H12Cl2N2/c1-2-19-14-6-4-3-5-13(14)18-15(19)11-8-7-10(16)9-12(11)17/h3-9H,2H2,1H3. The third-order valence-electron chi connectivity index (χ3n) is 3.14. The fourth-order valence-electron chi connectivity index (χ4n) is 2.27. The number of rotatable bonds is 2. The molecule has 3 aromatic rings. The van der Waals surface area contributed by atoms with Crippen LogP contribution < -0.4 is 0 Å². The maximum Gasteiger partial charge on any atom is 0.142 e. The monoisotopic (exact) mass is 290 g/mol. The second-order valence-electron chi connectivity index (χ2n) is 4.29. The number of benzene rings is 2. The van der Waals surface area contributed by atoms with Gasteiger partial charge in [0, 0.05) is 17.1 Å². The summed E-state index contributed by atoms with van der Waals surface area (Å²) >= 11 is 12.2. The van der Waals surface area contributed by atoms with Crippen LogP contribution in [0.15, 0.2) is 42.5 Å². The molecule has 1 aromatic heterocycles. The van der Waals surface area contributed by atoms with E-state index in [-0.39, 0.29) is 0 Å². The van der Waals surface area contributed by atoms with Gasteiger partial charge in [0.05, 0.1) is 16.1 Å². The molecule has 0 amide bonds. The number of aromatic nitrogens is 2. The molecule has 0 atom stereocenters. The van der Waals surface area contributed by atoms with Gasteiger partial charge < -0.3 is 4.57 Å². The molecule has 4 heteroatoms. The third-order valence-corrected chi connectivity index (χ3v) is 3.69. The highest BCUT2D eigenvalue weighted by Gasteiger charge is 2.13. The lowest BCUT2D eigenvalue weighted by Gasteiger charge is -2.07. The van der Waals surface area contributed by atoms with Crippen LogP contribution in [-0.2, 0) is 6.54 Å². The molecule has 0 bridgehead atoms. The van der Waals surface area contributed by atoms with Gasteiger partial charge >= 0.3 is 0 Å². The molecule has 96 valence electrons. The van der Waals surface area contributed by atoms with E-state index in [1.54, 1.807) is 6.07 Å². The van der Waals surface area contributed by atoms with Gasteiger partial charge in [-0.2, -0.15) is 0 Å². The first-order valence-corrected chi connectivity index (χ1v) is 6.87. The molecule has 0 saturated carbocycles. The van der Waals surface area contributed by atoms with Crippen molar-refractivity contribution in [3.63, 3.8) is 0 Å². The third kappa shape index (κ3) is 2.11. The van der Waals surface area contributed by atoms with Gasteiger partial charge in [0.1, 0.15) is 5.82 Å². The van der Waals surface area contributed by atoms with Gasteiger partial charge in [-0.3, -0.25) is 0 Å². The predicted molar refractivity (Wildman–Crippen MR) is 80.9 cm³/mol. The van der Waals surface area contributed by atoms with Crippen LogP contribution in [0, 0.1) is 0 Å². The Labute approximate surface area is 121 Å². The Kier molecular flexibility index (Phi) is 3.21. The molecule has 1 heterocycles. The Hall–Kier alpha value is -1.51. The number of hydrogen-bond acceptors (Lipinski definition) is 1. The summed E-state index contributed by atoms with van der Waals surface area (Å²) in [5.41, 5.74) is 3.00. The van der Waals surface area contributed by atoms with Crippen LogP contribution in [0.2, 0.25) is 10.0 Å². The molecule has 0 radical (unpaired) electrons. The van der Waals surface area contributed by atoms with E-state index in [0.717, 1.165) is 29.0 Å². The predicted octanol–water partition coefficient (Wildman–Crippen LogP) is 5.03. The quantitative estimate of drug-likeness (QED) is 0.647. The van der Waals surface area contributed by atoms with Crippen molar-refractivity contribution in [2.45, 2.75) is 13.5 Å². The van der Waals surface area contributed by atoms with Crippen molar-refractivity contribution < 1.29 is 0 Å². The fourth-order valence-corrected chi connectivity index (χ4v) is 2.77. The summed E-state index contributed by atoms with van der Waals surface area (Å²) in [4.78, 5) is 4.68. The van der Waals surface area contributed by atoms with E-state index in [1.807, 2.05) is 30.3 Å². The Morgan fingerprint density at radius 3 is 2.63 bits per heavy atom. The summed E-state index contributed by atoms with van der Waals surface area (Å²) in [6.45, 7) is 2.94. The fraction of sp³-hybridized carbons (Fsp3) is 0.133. The minimum atomic E-state index is 0.623. The number of fused-ring (bicyclic) bond motifs is 1. The number of hydrogen-bond donors (Lipinski definition) is 0. The van der Waals surface area contributed by atoms with Crippen molar-refractivity contribution in [2.24, 2.45) is 0 Å². The molecule has 0 unspecified atom stereocenters. The van der Waals surface area contributed by atoms with Gasteiger partial charge in [0.15, 0.2) is 0 Å². The minimum Gasteiger partial charge on any atom is -0.324 e. The van der Waals surface area contributed by atoms with Gasteiger partial charge in [-0.15, -0.1) is 0 Å². The van der Waals surface area contributed by atoms with Gasteiger partial charge in [-0.25, -0.2) is 4.98 Å². The zero-order valence-corrected chi connectivity index (χ0v) is 11.9. The van der Waals surface area contributed by atoms with Crippen LogP contribution in [0.5, 0.6) is 0 Å². The number of para-hydroxylation sites is 2. The van der Waals surface area contributed by atoms with E-state index in [9.17, 15) is 0 Å². The van der Waals surface area contributed by atoms with Crippen LogP contribution in [0.1, 0.15) is 6.92 Å². The highest BCUT2D eigenvalue weighted by atomic mass is 35.5. The molecule has 3 rings (SSSR count). The van der Waals surface area contributed by atoms with Gasteiger partial charge in [0.2, 0.25) is 0 Å². The summed E-state index contributed by atoms with van der Waals surface area (Å²) in [5.74, 6) is 0.880. The summed E-state index contributed by atoms with van der Waals surface area (Å²) in [7, 11) is 0. The minimum absolute atomic E-state index is 0.623. The molecule has 2 nitrogen and oxygen atoms in total. The molecule has 0 aliphatic rings. The van der Waals surface area contributed by atoms with E-state index >= 15 is 0 Å². The first-order valence-electron chi connectivity index (χ1n) is 6.11. The van der Waals surface area contributed by atoms with E-state index < -0.39 is 0 Å². The topological polar surface area (TPSA) is 17.8 Å². The highest BCUT2D eigenvalue weighted by Crippen LogP contribution is 2.32. The first kappa shape index (κ1) is 12.5. The average molecular weight is 291 g/mol. The van der Waals surface area contributed by atoms with Crippen molar-refractivity contribution in [1.29, 1.82) is 0 Å². The smallest absolute Gasteiger partial charge is 0.142 e. The normalized spacial score (nSPS) is 11.1. The van der Waals surface area contributed by atoms with E-state index in [0.29, 0.717) is 10.0 Å². The second-order valence-corrected chi connectivity index (χ2v) is 5.14. The number of imidazole rings is 1. The van der Waals surface area contributed by atoms with Crippen molar-refractivity contribution in [2.75, 3.05) is 0 Å². The lowest BCUT2D eigenvalue weighted by Crippen LogP contribution is -1.97. The van der Waals surface area contributed by atoms with E-state index in [1.165, 1.54) is 0 Å². The summed E-state index contributed by atoms with van der Waals surface area (Å²) < 4.78 is 2.16. The lowest BCUT2D eigenvalue weighted by molar-refractivity contribution is 0.796. The summed E-state index contributed by atoms with van der Waals surface area (Å²) in [6.07, 6.45) is 0. The largest absolute Gasteiger partial charge is 0.324 e. The van der Waals surface area contributed by atoms with E-state index in [2.05, 4.69) is 22.5 Å². The highest BCUT2D eigenvalue weighted by molar-refractivity contribution is 6.36. The van der Waals surface area contributed by atoms with Gasteiger partial charge in [-0.1, -0.05) is 35.3 Å². The molecule has 0 N–H and O–H groups in total. The van der Waals surface area contributed by atoms with Crippen LogP contribution in [0.4, 0.5) is 0 Å². The zero-order chi connectivity index (χ0) is 13.4. The summed E-state index contributed by atoms with van der Waals surface area (Å²) in [5, 5.41) is 1.26. The average Bonchev–Trinajstić information content (AvgIpc) is 2.76. The molecule has 0 spiro atoms. The summed E-state index contributed by atoms with van der Waals surface area (Å²) in [6, 6.07) is 13.6. The molecular formula is C15H12Cl2N2. The Bertz CT molecular complexity index is 747. The molecule has 0 fully saturated rings. The molecule has 0 aliphatic carbocycles. The van der Waals surface area contributed by atoms with Crippen LogP contribution in [0.25, 0.3) is 22.4 Å². The van der Waals surface area contributed by atoms with E-state index in [4.69, 9.17) is 23.2 Å². The van der Waals surface area contributed by atoms with Crippen molar-refractivity contribution in [3.8, 4) is 11.4 Å². The van der Waals surface area contributed by atoms with Crippen molar-refractivity contribution >= 4 is 34.2 Å². The number of halogens is 2. The Morgan fingerprint density at radius 2 is 1.89 bits per heavy atom.